The Bertz CT molecular complexity index is 727. The number of aryl methyl sites for hydroxylation is 1. The van der Waals surface area contributed by atoms with Gasteiger partial charge in [-0.1, -0.05) is 30.3 Å². The molecule has 2 N–H and O–H groups in total. The van der Waals surface area contributed by atoms with Crippen LogP contribution < -0.4 is 15.5 Å². The van der Waals surface area contributed by atoms with E-state index < -0.39 is 0 Å². The van der Waals surface area contributed by atoms with E-state index in [0.29, 0.717) is 0 Å². The molecule has 0 saturated carbocycles. The normalized spacial score (nSPS) is 13.3. The third-order valence-electron chi connectivity index (χ3n) is 3.65. The molecule has 0 aromatic heterocycles. The van der Waals surface area contributed by atoms with Gasteiger partial charge >= 0.3 is 0 Å². The molecule has 0 atom stereocenters. The number of benzene rings is 2. The third-order valence-corrected chi connectivity index (χ3v) is 3.65. The molecule has 1 aliphatic heterocycles. The third kappa shape index (κ3) is 2.79. The highest BCUT2D eigenvalue weighted by Gasteiger charge is 2.25. The van der Waals surface area contributed by atoms with Gasteiger partial charge in [0.2, 0.25) is 11.8 Å². The topological polar surface area (TPSA) is 61.4 Å². The molecule has 1 heterocycles. The molecule has 0 aliphatic carbocycles. The van der Waals surface area contributed by atoms with Gasteiger partial charge in [-0.25, -0.2) is 0 Å². The number of carbonyl (C=O) groups is 2. The Morgan fingerprint density at radius 3 is 2.73 bits per heavy atom. The van der Waals surface area contributed by atoms with Crippen molar-refractivity contribution in [1.82, 2.24) is 0 Å². The van der Waals surface area contributed by atoms with Crippen LogP contribution in [0.1, 0.15) is 5.56 Å². The number of nitrogens with one attached hydrogen (secondary N) is 2. The number of anilines is 3. The lowest BCUT2D eigenvalue weighted by Crippen LogP contribution is -2.44. The van der Waals surface area contributed by atoms with E-state index in [1.165, 1.54) is 4.90 Å². The number of fused-ring (bicyclic) bond motifs is 1. The van der Waals surface area contributed by atoms with Gasteiger partial charge in [-0.15, -0.1) is 0 Å². The number of hydrogen-bond acceptors (Lipinski definition) is 3. The minimum Gasteiger partial charge on any atom is -0.374 e. The maximum Gasteiger partial charge on any atom is 0.246 e. The first kappa shape index (κ1) is 14.1. The van der Waals surface area contributed by atoms with Crippen LogP contribution in [0.2, 0.25) is 0 Å². The zero-order valence-electron chi connectivity index (χ0n) is 12.3. The van der Waals surface area contributed by atoms with E-state index in [1.807, 2.05) is 55.5 Å². The average Bonchev–Trinajstić information content (AvgIpc) is 2.52. The second-order valence-electron chi connectivity index (χ2n) is 5.21. The molecule has 0 fully saturated rings. The smallest absolute Gasteiger partial charge is 0.246 e. The molecule has 5 heteroatoms. The van der Waals surface area contributed by atoms with Crippen LogP contribution in [0, 0.1) is 6.92 Å². The Morgan fingerprint density at radius 1 is 1.18 bits per heavy atom. The van der Waals surface area contributed by atoms with Gasteiger partial charge in [0.1, 0.15) is 6.54 Å². The monoisotopic (exact) mass is 295 g/mol. The number of nitrogens with zero attached hydrogens (tertiary/aromatic N) is 1. The zero-order valence-corrected chi connectivity index (χ0v) is 12.3. The van der Waals surface area contributed by atoms with Crippen molar-refractivity contribution in [3.05, 3.63) is 54.1 Å². The summed E-state index contributed by atoms with van der Waals surface area (Å²) in [5.74, 6) is -0.321. The summed E-state index contributed by atoms with van der Waals surface area (Å²) in [4.78, 5) is 25.9. The minimum atomic E-state index is -0.209. The molecule has 0 saturated heterocycles. The lowest BCUT2D eigenvalue weighted by molar-refractivity contribution is -0.120. The Kier molecular flexibility index (Phi) is 3.78. The van der Waals surface area contributed by atoms with Crippen molar-refractivity contribution in [1.29, 1.82) is 0 Å². The fourth-order valence-corrected chi connectivity index (χ4v) is 2.48. The average molecular weight is 295 g/mol. The van der Waals surface area contributed by atoms with Crippen molar-refractivity contribution in [3.8, 4) is 0 Å². The molecule has 0 radical (unpaired) electrons. The molecule has 22 heavy (non-hydrogen) atoms. The van der Waals surface area contributed by atoms with Gasteiger partial charge in [-0.3, -0.25) is 14.5 Å². The first-order valence-corrected chi connectivity index (χ1v) is 7.14. The van der Waals surface area contributed by atoms with E-state index in [0.717, 1.165) is 22.6 Å². The van der Waals surface area contributed by atoms with Crippen LogP contribution in [0.5, 0.6) is 0 Å². The largest absolute Gasteiger partial charge is 0.374 e. The number of amides is 2. The van der Waals surface area contributed by atoms with Crippen LogP contribution >= 0.6 is 0 Å². The maximum absolute atomic E-state index is 12.3. The van der Waals surface area contributed by atoms with Crippen LogP contribution in [0.25, 0.3) is 0 Å². The van der Waals surface area contributed by atoms with E-state index in [-0.39, 0.29) is 24.9 Å². The van der Waals surface area contributed by atoms with Crippen LogP contribution in [-0.4, -0.2) is 24.9 Å². The molecule has 0 spiro atoms. The first-order valence-electron chi connectivity index (χ1n) is 7.14. The summed E-state index contributed by atoms with van der Waals surface area (Å²) in [5.41, 5.74) is 3.36. The summed E-state index contributed by atoms with van der Waals surface area (Å²) in [5, 5.41) is 5.91. The number of rotatable bonds is 3. The van der Waals surface area contributed by atoms with Crippen molar-refractivity contribution in [3.63, 3.8) is 0 Å². The van der Waals surface area contributed by atoms with Crippen molar-refractivity contribution in [2.45, 2.75) is 6.92 Å². The summed E-state index contributed by atoms with van der Waals surface area (Å²) in [6.45, 7) is 2.14. The summed E-state index contributed by atoms with van der Waals surface area (Å²) < 4.78 is 0. The van der Waals surface area contributed by atoms with Gasteiger partial charge < -0.3 is 10.6 Å². The van der Waals surface area contributed by atoms with Crippen molar-refractivity contribution < 1.29 is 9.59 Å². The van der Waals surface area contributed by atoms with Crippen LogP contribution in [0.4, 0.5) is 17.1 Å². The molecule has 2 amide bonds. The molecule has 112 valence electrons. The number of para-hydroxylation sites is 3. The highest BCUT2D eigenvalue weighted by atomic mass is 16.2. The molecule has 2 aromatic rings. The van der Waals surface area contributed by atoms with Gasteiger partial charge in [0.05, 0.1) is 17.9 Å². The highest BCUT2D eigenvalue weighted by molar-refractivity contribution is 6.07. The fourth-order valence-electron chi connectivity index (χ4n) is 2.48. The SMILES string of the molecule is Cc1ccccc1NC(=O)CN1C(=O)CNc2ccccc21. The van der Waals surface area contributed by atoms with E-state index in [1.54, 1.807) is 0 Å². The Balaban J connectivity index is 1.77. The quantitative estimate of drug-likeness (QED) is 0.914. The Labute approximate surface area is 128 Å². The lowest BCUT2D eigenvalue weighted by Gasteiger charge is -2.29. The number of carbonyl (C=O) groups excluding carboxylic acids is 2. The zero-order chi connectivity index (χ0) is 15.5. The molecule has 5 nitrogen and oxygen atoms in total. The van der Waals surface area contributed by atoms with Gasteiger partial charge in [0.15, 0.2) is 0 Å². The predicted molar refractivity (Wildman–Crippen MR) is 87.1 cm³/mol. The molecule has 0 unspecified atom stereocenters. The van der Waals surface area contributed by atoms with Gasteiger partial charge in [-0.05, 0) is 30.7 Å². The maximum atomic E-state index is 12.3. The van der Waals surface area contributed by atoms with Gasteiger partial charge in [0.25, 0.3) is 0 Å². The van der Waals surface area contributed by atoms with Crippen molar-refractivity contribution >= 4 is 28.9 Å². The van der Waals surface area contributed by atoms with Crippen LogP contribution in [0.3, 0.4) is 0 Å². The van der Waals surface area contributed by atoms with E-state index in [4.69, 9.17) is 0 Å². The molecule has 0 bridgehead atoms. The summed E-state index contributed by atoms with van der Waals surface area (Å²) >= 11 is 0. The first-order chi connectivity index (χ1) is 10.6. The van der Waals surface area contributed by atoms with Crippen LogP contribution in [0.15, 0.2) is 48.5 Å². The molecular formula is C17H17N3O2. The molecule has 2 aromatic carbocycles. The summed E-state index contributed by atoms with van der Waals surface area (Å²) in [6.07, 6.45) is 0. The number of hydrogen-bond donors (Lipinski definition) is 2. The van der Waals surface area contributed by atoms with E-state index in [2.05, 4.69) is 10.6 Å². The second kappa shape index (κ2) is 5.89. The molecule has 3 rings (SSSR count). The highest BCUT2D eigenvalue weighted by Crippen LogP contribution is 2.28. The molecule has 1 aliphatic rings. The van der Waals surface area contributed by atoms with Gasteiger partial charge in [-0.2, -0.15) is 0 Å². The summed E-state index contributed by atoms with van der Waals surface area (Å²) in [6, 6.07) is 15.0. The Morgan fingerprint density at radius 2 is 1.91 bits per heavy atom. The summed E-state index contributed by atoms with van der Waals surface area (Å²) in [7, 11) is 0. The standard InChI is InChI=1S/C17H17N3O2/c1-12-6-2-3-7-13(12)19-16(21)11-20-15-9-5-4-8-14(15)18-10-17(20)22/h2-9,18H,10-11H2,1H3,(H,19,21). The van der Waals surface area contributed by atoms with Crippen molar-refractivity contribution in [2.75, 3.05) is 28.6 Å². The van der Waals surface area contributed by atoms with Crippen LogP contribution in [-0.2, 0) is 9.59 Å². The van der Waals surface area contributed by atoms with E-state index >= 15 is 0 Å². The van der Waals surface area contributed by atoms with Gasteiger partial charge in [0, 0.05) is 5.69 Å². The van der Waals surface area contributed by atoms with Crippen molar-refractivity contribution in [2.24, 2.45) is 0 Å². The fraction of sp³-hybridized carbons (Fsp3) is 0.176. The molecular weight excluding hydrogens is 278 g/mol. The van der Waals surface area contributed by atoms with E-state index in [9.17, 15) is 9.59 Å². The Hall–Kier alpha value is -2.82. The second-order valence-corrected chi connectivity index (χ2v) is 5.21. The predicted octanol–water partition coefficient (Wildman–Crippen LogP) is 2.39. The lowest BCUT2D eigenvalue weighted by atomic mass is 10.2. The minimum absolute atomic E-state index is 0.00581.